The van der Waals surface area contributed by atoms with Crippen molar-refractivity contribution in [2.75, 3.05) is 25.0 Å². The van der Waals surface area contributed by atoms with Crippen molar-refractivity contribution in [3.63, 3.8) is 0 Å². The van der Waals surface area contributed by atoms with Crippen LogP contribution in [0.25, 0.3) is 0 Å². The second-order valence-electron chi connectivity index (χ2n) is 5.22. The molecule has 1 aliphatic rings. The van der Waals surface area contributed by atoms with Crippen LogP contribution in [0, 0.1) is 12.8 Å². The number of hydrogen-bond donors (Lipinski definition) is 1. The molecule has 1 fully saturated rings. The van der Waals surface area contributed by atoms with E-state index in [4.69, 9.17) is 0 Å². The Kier molecular flexibility index (Phi) is 4.06. The molecule has 0 heterocycles. The maximum absolute atomic E-state index is 3.62. The van der Waals surface area contributed by atoms with Crippen LogP contribution in [0.15, 0.2) is 24.3 Å². The van der Waals surface area contributed by atoms with Gasteiger partial charge < -0.3 is 10.2 Å². The number of rotatable bonds is 6. The monoisotopic (exact) mass is 232 g/mol. The summed E-state index contributed by atoms with van der Waals surface area (Å²) in [4.78, 5) is 2.37. The van der Waals surface area contributed by atoms with Crippen LogP contribution in [0.5, 0.6) is 0 Å². The standard InChI is InChI=1S/C15H24N2/c1-4-16-15(13-8-9-13)11-17(3)14-7-5-6-12(2)10-14/h5-7,10,13,15-16H,4,8-9,11H2,1-3H3. The van der Waals surface area contributed by atoms with Gasteiger partial charge in [-0.3, -0.25) is 0 Å². The normalized spacial score (nSPS) is 16.9. The molecule has 0 aliphatic heterocycles. The van der Waals surface area contributed by atoms with E-state index in [0.717, 1.165) is 19.0 Å². The van der Waals surface area contributed by atoms with Gasteiger partial charge in [0.1, 0.15) is 0 Å². The second-order valence-corrected chi connectivity index (χ2v) is 5.22. The summed E-state index contributed by atoms with van der Waals surface area (Å²) in [5, 5.41) is 3.62. The first-order valence-corrected chi connectivity index (χ1v) is 6.72. The van der Waals surface area contributed by atoms with E-state index in [2.05, 4.69) is 55.4 Å². The molecule has 1 N–H and O–H groups in total. The third kappa shape index (κ3) is 3.47. The molecule has 0 aromatic heterocycles. The molecule has 1 saturated carbocycles. The highest BCUT2D eigenvalue weighted by Crippen LogP contribution is 2.33. The summed E-state index contributed by atoms with van der Waals surface area (Å²) in [5.41, 5.74) is 2.66. The largest absolute Gasteiger partial charge is 0.373 e. The Morgan fingerprint density at radius 2 is 2.18 bits per heavy atom. The average molecular weight is 232 g/mol. The number of benzene rings is 1. The molecule has 2 heteroatoms. The molecule has 1 aromatic rings. The number of likely N-dealkylation sites (N-methyl/N-ethyl adjacent to an activating group) is 2. The minimum atomic E-state index is 0.658. The predicted molar refractivity (Wildman–Crippen MR) is 74.6 cm³/mol. The molecule has 0 bridgehead atoms. The molecular weight excluding hydrogens is 208 g/mol. The highest BCUT2D eigenvalue weighted by molar-refractivity contribution is 5.47. The Morgan fingerprint density at radius 1 is 1.41 bits per heavy atom. The van der Waals surface area contributed by atoms with E-state index in [0.29, 0.717) is 6.04 Å². The molecule has 2 rings (SSSR count). The van der Waals surface area contributed by atoms with Crippen molar-refractivity contribution in [1.82, 2.24) is 5.32 Å². The number of anilines is 1. The van der Waals surface area contributed by atoms with Gasteiger partial charge in [-0.1, -0.05) is 19.1 Å². The van der Waals surface area contributed by atoms with Crippen LogP contribution >= 0.6 is 0 Å². The molecular formula is C15H24N2. The third-order valence-corrected chi connectivity index (χ3v) is 3.57. The van der Waals surface area contributed by atoms with Gasteiger partial charge in [-0.15, -0.1) is 0 Å². The zero-order chi connectivity index (χ0) is 12.3. The summed E-state index contributed by atoms with van der Waals surface area (Å²) in [5.74, 6) is 0.905. The molecule has 2 nitrogen and oxygen atoms in total. The van der Waals surface area contributed by atoms with Gasteiger partial charge in [-0.25, -0.2) is 0 Å². The fourth-order valence-corrected chi connectivity index (χ4v) is 2.41. The lowest BCUT2D eigenvalue weighted by Crippen LogP contribution is -2.41. The fourth-order valence-electron chi connectivity index (χ4n) is 2.41. The molecule has 1 atom stereocenters. The number of hydrogen-bond acceptors (Lipinski definition) is 2. The number of nitrogens with zero attached hydrogens (tertiary/aromatic N) is 1. The summed E-state index contributed by atoms with van der Waals surface area (Å²) < 4.78 is 0. The zero-order valence-corrected chi connectivity index (χ0v) is 11.2. The van der Waals surface area contributed by atoms with Gasteiger partial charge in [0.25, 0.3) is 0 Å². The van der Waals surface area contributed by atoms with Crippen LogP contribution in [0.1, 0.15) is 25.3 Å². The topological polar surface area (TPSA) is 15.3 Å². The van der Waals surface area contributed by atoms with Crippen LogP contribution in [0.3, 0.4) is 0 Å². The molecule has 1 aliphatic carbocycles. The van der Waals surface area contributed by atoms with Crippen LogP contribution in [0.4, 0.5) is 5.69 Å². The molecule has 0 spiro atoms. The van der Waals surface area contributed by atoms with Gasteiger partial charge in [0.05, 0.1) is 0 Å². The van der Waals surface area contributed by atoms with E-state index in [9.17, 15) is 0 Å². The molecule has 0 amide bonds. The molecule has 17 heavy (non-hydrogen) atoms. The highest BCUT2D eigenvalue weighted by Gasteiger charge is 2.31. The van der Waals surface area contributed by atoms with Crippen LogP contribution in [-0.4, -0.2) is 26.2 Å². The Morgan fingerprint density at radius 3 is 2.76 bits per heavy atom. The van der Waals surface area contributed by atoms with E-state index >= 15 is 0 Å². The van der Waals surface area contributed by atoms with E-state index in [1.165, 1.54) is 24.1 Å². The van der Waals surface area contributed by atoms with Crippen molar-refractivity contribution in [3.8, 4) is 0 Å². The zero-order valence-electron chi connectivity index (χ0n) is 11.2. The summed E-state index contributed by atoms with van der Waals surface area (Å²) in [6.45, 7) is 6.53. The SMILES string of the molecule is CCNC(CN(C)c1cccc(C)c1)C1CC1. The Bertz CT molecular complexity index is 358. The van der Waals surface area contributed by atoms with E-state index in [1.54, 1.807) is 0 Å². The minimum absolute atomic E-state index is 0.658. The molecule has 0 saturated heterocycles. The van der Waals surface area contributed by atoms with Gasteiger partial charge >= 0.3 is 0 Å². The summed E-state index contributed by atoms with van der Waals surface area (Å²) in [7, 11) is 2.20. The third-order valence-electron chi connectivity index (χ3n) is 3.57. The maximum Gasteiger partial charge on any atom is 0.0366 e. The quantitative estimate of drug-likeness (QED) is 0.811. The van der Waals surface area contributed by atoms with Crippen molar-refractivity contribution in [1.29, 1.82) is 0 Å². The van der Waals surface area contributed by atoms with E-state index < -0.39 is 0 Å². The lowest BCUT2D eigenvalue weighted by molar-refractivity contribution is 0.476. The number of aryl methyl sites for hydroxylation is 1. The molecule has 1 aromatic carbocycles. The Balaban J connectivity index is 1.96. The Hall–Kier alpha value is -1.02. The molecule has 0 radical (unpaired) electrons. The molecule has 94 valence electrons. The van der Waals surface area contributed by atoms with E-state index in [1.807, 2.05) is 0 Å². The summed E-state index contributed by atoms with van der Waals surface area (Å²) in [6.07, 6.45) is 2.80. The smallest absolute Gasteiger partial charge is 0.0366 e. The van der Waals surface area contributed by atoms with Crippen LogP contribution in [0.2, 0.25) is 0 Å². The number of nitrogens with one attached hydrogen (secondary N) is 1. The summed E-state index contributed by atoms with van der Waals surface area (Å²) in [6, 6.07) is 9.41. The van der Waals surface area contributed by atoms with Gasteiger partial charge in [-0.2, -0.15) is 0 Å². The fraction of sp³-hybridized carbons (Fsp3) is 0.600. The maximum atomic E-state index is 3.62. The summed E-state index contributed by atoms with van der Waals surface area (Å²) >= 11 is 0. The van der Waals surface area contributed by atoms with Crippen LogP contribution in [-0.2, 0) is 0 Å². The minimum Gasteiger partial charge on any atom is -0.373 e. The van der Waals surface area contributed by atoms with Gasteiger partial charge in [0.15, 0.2) is 0 Å². The lowest BCUT2D eigenvalue weighted by Gasteiger charge is -2.26. The Labute approximate surface area is 105 Å². The van der Waals surface area contributed by atoms with Crippen molar-refractivity contribution >= 4 is 5.69 Å². The van der Waals surface area contributed by atoms with Crippen molar-refractivity contribution in [3.05, 3.63) is 29.8 Å². The lowest BCUT2D eigenvalue weighted by atomic mass is 10.1. The van der Waals surface area contributed by atoms with E-state index in [-0.39, 0.29) is 0 Å². The molecule has 1 unspecified atom stereocenters. The average Bonchev–Trinajstić information content (AvgIpc) is 3.12. The van der Waals surface area contributed by atoms with Gasteiger partial charge in [-0.05, 0) is 49.9 Å². The second kappa shape index (κ2) is 5.54. The van der Waals surface area contributed by atoms with Crippen molar-refractivity contribution in [2.24, 2.45) is 5.92 Å². The van der Waals surface area contributed by atoms with Crippen molar-refractivity contribution in [2.45, 2.75) is 32.7 Å². The van der Waals surface area contributed by atoms with Gasteiger partial charge in [0.2, 0.25) is 0 Å². The predicted octanol–water partition coefficient (Wildman–Crippen LogP) is 2.82. The first-order valence-electron chi connectivity index (χ1n) is 6.72. The van der Waals surface area contributed by atoms with Crippen molar-refractivity contribution < 1.29 is 0 Å². The first kappa shape index (κ1) is 12.4. The highest BCUT2D eigenvalue weighted by atomic mass is 15.1. The van der Waals surface area contributed by atoms with Crippen LogP contribution < -0.4 is 10.2 Å². The van der Waals surface area contributed by atoms with Gasteiger partial charge in [0, 0.05) is 25.3 Å². The first-order chi connectivity index (χ1) is 8.20.